The average molecular weight is 273 g/mol. The zero-order chi connectivity index (χ0) is 14.4. The van der Waals surface area contributed by atoms with Crippen LogP contribution in [-0.2, 0) is 6.42 Å². The predicted molar refractivity (Wildman–Crippen MR) is 88.1 cm³/mol. The van der Waals surface area contributed by atoms with Crippen molar-refractivity contribution in [1.29, 1.82) is 0 Å². The monoisotopic (exact) mass is 273 g/mol. The molecule has 1 aliphatic carbocycles. The smallest absolute Gasteiger partial charge is 0.00420 e. The molecule has 1 aliphatic rings. The van der Waals surface area contributed by atoms with E-state index in [-0.39, 0.29) is 0 Å². The molecule has 20 heavy (non-hydrogen) atoms. The average Bonchev–Trinajstić information content (AvgIpc) is 2.44. The van der Waals surface area contributed by atoms with Gasteiger partial charge in [0.05, 0.1) is 0 Å². The Morgan fingerprint density at radius 1 is 1.25 bits per heavy atom. The first-order valence-electron chi connectivity index (χ1n) is 8.44. The van der Waals surface area contributed by atoms with Gasteiger partial charge in [-0.3, -0.25) is 0 Å². The third-order valence-electron chi connectivity index (χ3n) is 4.97. The lowest BCUT2D eigenvalue weighted by atomic mass is 9.80. The van der Waals surface area contributed by atoms with Gasteiger partial charge in [0, 0.05) is 6.04 Å². The van der Waals surface area contributed by atoms with Gasteiger partial charge in [0.25, 0.3) is 0 Å². The van der Waals surface area contributed by atoms with E-state index < -0.39 is 0 Å². The number of aryl methyl sites for hydroxylation is 2. The van der Waals surface area contributed by atoms with E-state index in [1.165, 1.54) is 56.2 Å². The third kappa shape index (κ3) is 4.94. The van der Waals surface area contributed by atoms with Crippen molar-refractivity contribution >= 4 is 0 Å². The fraction of sp³-hybridized carbons (Fsp3) is 0.684. The molecule has 1 fully saturated rings. The Hall–Kier alpha value is -0.820. The predicted octanol–water partition coefficient (Wildman–Crippen LogP) is 4.73. The van der Waals surface area contributed by atoms with Crippen LogP contribution in [0.3, 0.4) is 0 Å². The van der Waals surface area contributed by atoms with E-state index in [4.69, 9.17) is 0 Å². The highest BCUT2D eigenvalue weighted by Crippen LogP contribution is 2.28. The molecule has 1 aromatic carbocycles. The summed E-state index contributed by atoms with van der Waals surface area (Å²) in [7, 11) is 0. The van der Waals surface area contributed by atoms with Crippen LogP contribution in [-0.4, -0.2) is 12.6 Å². The van der Waals surface area contributed by atoms with Crippen LogP contribution < -0.4 is 5.32 Å². The highest BCUT2D eigenvalue weighted by atomic mass is 14.9. The van der Waals surface area contributed by atoms with E-state index in [0.29, 0.717) is 6.04 Å². The normalized spacial score (nSPS) is 24.6. The molecule has 1 nitrogen and oxygen atoms in total. The van der Waals surface area contributed by atoms with Gasteiger partial charge in [-0.25, -0.2) is 0 Å². The van der Waals surface area contributed by atoms with Crippen molar-refractivity contribution < 1.29 is 0 Å². The van der Waals surface area contributed by atoms with Crippen LogP contribution in [0.4, 0.5) is 0 Å². The Morgan fingerprint density at radius 2 is 2.05 bits per heavy atom. The van der Waals surface area contributed by atoms with E-state index in [0.717, 1.165) is 11.8 Å². The molecule has 0 amide bonds. The zero-order valence-corrected chi connectivity index (χ0v) is 13.5. The second-order valence-corrected chi connectivity index (χ2v) is 6.86. The van der Waals surface area contributed by atoms with Crippen molar-refractivity contribution in [2.45, 2.75) is 65.3 Å². The summed E-state index contributed by atoms with van der Waals surface area (Å²) < 4.78 is 0. The first-order valence-corrected chi connectivity index (χ1v) is 8.44. The summed E-state index contributed by atoms with van der Waals surface area (Å²) in [6.45, 7) is 8.16. The molecule has 0 aliphatic heterocycles. The summed E-state index contributed by atoms with van der Waals surface area (Å²) in [4.78, 5) is 0. The molecular formula is C19H31N. The lowest BCUT2D eigenvalue weighted by molar-refractivity contribution is 0.241. The molecule has 0 radical (unpaired) electrons. The lowest BCUT2D eigenvalue weighted by Gasteiger charge is -2.30. The SMILES string of the molecule is Cc1cccc(CCC(C)NCC2CCCCC2C)c1. The van der Waals surface area contributed by atoms with Crippen LogP contribution in [0.15, 0.2) is 24.3 Å². The van der Waals surface area contributed by atoms with Gasteiger partial charge in [-0.05, 0) is 57.1 Å². The second-order valence-electron chi connectivity index (χ2n) is 6.86. The van der Waals surface area contributed by atoms with Gasteiger partial charge in [0.2, 0.25) is 0 Å². The third-order valence-corrected chi connectivity index (χ3v) is 4.97. The number of benzene rings is 1. The van der Waals surface area contributed by atoms with Crippen molar-refractivity contribution in [3.8, 4) is 0 Å². The number of hydrogen-bond acceptors (Lipinski definition) is 1. The Labute approximate surface area is 125 Å². The number of nitrogens with one attached hydrogen (secondary N) is 1. The van der Waals surface area contributed by atoms with Crippen LogP contribution in [0.5, 0.6) is 0 Å². The van der Waals surface area contributed by atoms with E-state index in [1.54, 1.807) is 0 Å². The second kappa shape index (κ2) is 7.83. The van der Waals surface area contributed by atoms with Crippen LogP contribution in [0.1, 0.15) is 57.1 Å². The summed E-state index contributed by atoms with van der Waals surface area (Å²) in [5, 5.41) is 3.77. The van der Waals surface area contributed by atoms with E-state index in [2.05, 4.69) is 50.4 Å². The van der Waals surface area contributed by atoms with E-state index in [1.807, 2.05) is 0 Å². The van der Waals surface area contributed by atoms with Gasteiger partial charge in [0.15, 0.2) is 0 Å². The van der Waals surface area contributed by atoms with Gasteiger partial charge in [-0.2, -0.15) is 0 Å². The molecule has 3 unspecified atom stereocenters. The summed E-state index contributed by atoms with van der Waals surface area (Å²) in [5.41, 5.74) is 2.85. The van der Waals surface area contributed by atoms with Crippen LogP contribution >= 0.6 is 0 Å². The standard InChI is InChI=1S/C19H31N/c1-15-7-6-9-18(13-15)12-11-17(3)20-14-19-10-5-4-8-16(19)2/h6-7,9,13,16-17,19-20H,4-5,8,10-12,14H2,1-3H3. The molecule has 0 aromatic heterocycles. The highest BCUT2D eigenvalue weighted by molar-refractivity contribution is 5.22. The number of hydrogen-bond donors (Lipinski definition) is 1. The van der Waals surface area contributed by atoms with Gasteiger partial charge >= 0.3 is 0 Å². The maximum atomic E-state index is 3.77. The zero-order valence-electron chi connectivity index (χ0n) is 13.5. The van der Waals surface area contributed by atoms with Gasteiger partial charge in [-0.15, -0.1) is 0 Å². The first kappa shape index (κ1) is 15.6. The molecule has 1 heteroatoms. The van der Waals surface area contributed by atoms with Crippen LogP contribution in [0, 0.1) is 18.8 Å². The maximum absolute atomic E-state index is 3.77. The lowest BCUT2D eigenvalue weighted by Crippen LogP contribution is -2.35. The molecule has 0 heterocycles. The van der Waals surface area contributed by atoms with Crippen molar-refractivity contribution in [3.05, 3.63) is 35.4 Å². The Morgan fingerprint density at radius 3 is 2.80 bits per heavy atom. The minimum Gasteiger partial charge on any atom is -0.314 e. The van der Waals surface area contributed by atoms with Gasteiger partial charge < -0.3 is 5.32 Å². The minimum absolute atomic E-state index is 0.629. The van der Waals surface area contributed by atoms with E-state index in [9.17, 15) is 0 Å². The summed E-state index contributed by atoms with van der Waals surface area (Å²) >= 11 is 0. The topological polar surface area (TPSA) is 12.0 Å². The Kier molecular flexibility index (Phi) is 6.09. The molecule has 112 valence electrons. The molecule has 1 N–H and O–H groups in total. The Balaban J connectivity index is 1.68. The largest absolute Gasteiger partial charge is 0.314 e. The molecule has 3 atom stereocenters. The fourth-order valence-electron chi connectivity index (χ4n) is 3.40. The van der Waals surface area contributed by atoms with Crippen molar-refractivity contribution in [3.63, 3.8) is 0 Å². The highest BCUT2D eigenvalue weighted by Gasteiger charge is 2.21. The van der Waals surface area contributed by atoms with Crippen LogP contribution in [0.2, 0.25) is 0 Å². The molecule has 2 rings (SSSR count). The Bertz CT molecular complexity index is 399. The van der Waals surface area contributed by atoms with Crippen molar-refractivity contribution in [2.75, 3.05) is 6.54 Å². The number of rotatable bonds is 6. The maximum Gasteiger partial charge on any atom is 0.00420 e. The van der Waals surface area contributed by atoms with E-state index >= 15 is 0 Å². The van der Waals surface area contributed by atoms with Crippen LogP contribution in [0.25, 0.3) is 0 Å². The molecule has 1 aromatic rings. The molecule has 0 spiro atoms. The molecule has 0 bridgehead atoms. The van der Waals surface area contributed by atoms with Crippen molar-refractivity contribution in [2.24, 2.45) is 11.8 Å². The fourth-order valence-corrected chi connectivity index (χ4v) is 3.40. The van der Waals surface area contributed by atoms with Crippen molar-refractivity contribution in [1.82, 2.24) is 5.32 Å². The molecule has 0 saturated heterocycles. The molecular weight excluding hydrogens is 242 g/mol. The summed E-state index contributed by atoms with van der Waals surface area (Å²) in [5.74, 6) is 1.82. The summed E-state index contributed by atoms with van der Waals surface area (Å²) in [6, 6.07) is 9.55. The first-order chi connectivity index (χ1) is 9.65. The quantitative estimate of drug-likeness (QED) is 0.790. The molecule has 1 saturated carbocycles. The van der Waals surface area contributed by atoms with Gasteiger partial charge in [-0.1, -0.05) is 56.0 Å². The summed E-state index contributed by atoms with van der Waals surface area (Å²) in [6.07, 6.45) is 8.18. The minimum atomic E-state index is 0.629. The van der Waals surface area contributed by atoms with Gasteiger partial charge in [0.1, 0.15) is 0 Å².